The van der Waals surface area contributed by atoms with Crippen LogP contribution in [0.4, 0.5) is 0 Å². The number of rotatable bonds is 4. The van der Waals surface area contributed by atoms with Crippen molar-refractivity contribution < 1.29 is 30.6 Å². The second-order valence-corrected chi connectivity index (χ2v) is 10.5. The van der Waals surface area contributed by atoms with Crippen LogP contribution in [0.5, 0.6) is 34.5 Å². The van der Waals surface area contributed by atoms with Crippen molar-refractivity contribution in [3.05, 3.63) is 115 Å². The van der Waals surface area contributed by atoms with Crippen molar-refractivity contribution in [3.63, 3.8) is 0 Å². The number of aromatic hydroxyl groups is 6. The first-order valence-electron chi connectivity index (χ1n) is 13.5. The molecule has 0 aliphatic carbocycles. The van der Waals surface area contributed by atoms with Gasteiger partial charge in [0.15, 0.2) is 34.5 Å². The van der Waals surface area contributed by atoms with Crippen LogP contribution in [0, 0.1) is 0 Å². The van der Waals surface area contributed by atoms with Crippen molar-refractivity contribution in [3.8, 4) is 73.6 Å². The summed E-state index contributed by atoms with van der Waals surface area (Å²) in [5.74, 6) is -1.12. The molecule has 0 bridgehead atoms. The van der Waals surface area contributed by atoms with Crippen molar-refractivity contribution in [2.24, 2.45) is 0 Å². The summed E-state index contributed by atoms with van der Waals surface area (Å²) in [6.45, 7) is 0. The van der Waals surface area contributed by atoms with Gasteiger partial charge in [0.1, 0.15) is 0 Å². The van der Waals surface area contributed by atoms with Gasteiger partial charge < -0.3 is 35.2 Å². The average molecular weight is 568 g/mol. The van der Waals surface area contributed by atoms with Gasteiger partial charge in [-0.25, -0.2) is 0 Å². The smallest absolute Gasteiger partial charge is 0.158 e. The number of phenolic OH excluding ortho intramolecular Hbond substituents is 6. The van der Waals surface area contributed by atoms with E-state index in [1.54, 1.807) is 18.2 Å². The molecule has 7 aromatic rings. The Hall–Kier alpha value is -6.08. The maximum absolute atomic E-state index is 10.1. The normalized spacial score (nSPS) is 11.3. The van der Waals surface area contributed by atoms with E-state index in [-0.39, 0.29) is 34.5 Å². The van der Waals surface area contributed by atoms with E-state index in [4.69, 9.17) is 0 Å². The van der Waals surface area contributed by atoms with Crippen LogP contribution in [0.1, 0.15) is 0 Å². The summed E-state index contributed by atoms with van der Waals surface area (Å²) in [7, 11) is 0. The molecule has 6 N–H and O–H groups in total. The summed E-state index contributed by atoms with van der Waals surface area (Å²) in [6, 6.07) is 34.2. The van der Waals surface area contributed by atoms with E-state index in [0.717, 1.165) is 60.9 Å². The molecule has 0 atom stereocenters. The second kappa shape index (κ2) is 9.78. The van der Waals surface area contributed by atoms with Crippen LogP contribution in [0.3, 0.4) is 0 Å². The van der Waals surface area contributed by atoms with E-state index >= 15 is 0 Å². The highest BCUT2D eigenvalue weighted by Gasteiger charge is 2.16. The summed E-state index contributed by atoms with van der Waals surface area (Å²) < 4.78 is 2.15. The predicted molar refractivity (Wildman–Crippen MR) is 167 cm³/mol. The standard InChI is InChI=1S/C36H25NO6/c38-31-12-5-23(17-34(31)41)20-1-8-26(9-2-20)37-29-10-3-21(24-6-13-32(39)35(42)18-24)15-27(29)28-16-22(4-11-30(28)37)25-7-14-33(40)36(43)19-25/h1-19,38-43H. The molecule has 0 radical (unpaired) electrons. The lowest BCUT2D eigenvalue weighted by Gasteiger charge is -2.11. The van der Waals surface area contributed by atoms with Gasteiger partial charge in [0.2, 0.25) is 0 Å². The van der Waals surface area contributed by atoms with Gasteiger partial charge in [-0.2, -0.15) is 0 Å². The molecule has 0 unspecified atom stereocenters. The van der Waals surface area contributed by atoms with Gasteiger partial charge in [0, 0.05) is 16.5 Å². The van der Waals surface area contributed by atoms with Gasteiger partial charge in [0.05, 0.1) is 11.0 Å². The number of aromatic nitrogens is 1. The summed E-state index contributed by atoms with van der Waals surface area (Å²) in [6.07, 6.45) is 0. The Bertz CT molecular complexity index is 2090. The van der Waals surface area contributed by atoms with Crippen LogP contribution in [-0.2, 0) is 0 Å². The molecule has 1 aromatic heterocycles. The third-order valence-corrected chi connectivity index (χ3v) is 7.82. The minimum absolute atomic E-state index is 0.172. The summed E-state index contributed by atoms with van der Waals surface area (Å²) in [5, 5.41) is 61.4. The number of phenols is 6. The van der Waals surface area contributed by atoms with Crippen molar-refractivity contribution in [2.75, 3.05) is 0 Å². The second-order valence-electron chi connectivity index (χ2n) is 10.5. The van der Waals surface area contributed by atoms with E-state index in [0.29, 0.717) is 0 Å². The Morgan fingerprint density at radius 2 is 0.628 bits per heavy atom. The molecule has 1 heterocycles. The van der Waals surface area contributed by atoms with Crippen LogP contribution in [0.2, 0.25) is 0 Å². The van der Waals surface area contributed by atoms with Gasteiger partial charge in [-0.15, -0.1) is 0 Å². The van der Waals surface area contributed by atoms with Crippen LogP contribution in [0.25, 0.3) is 60.9 Å². The van der Waals surface area contributed by atoms with E-state index in [1.165, 1.54) is 36.4 Å². The summed E-state index contributed by atoms with van der Waals surface area (Å²) in [5.41, 5.74) is 7.67. The predicted octanol–water partition coefficient (Wildman–Crippen LogP) is 8.02. The number of hydrogen-bond acceptors (Lipinski definition) is 6. The van der Waals surface area contributed by atoms with Crippen molar-refractivity contribution >= 4 is 21.8 Å². The topological polar surface area (TPSA) is 126 Å². The number of benzene rings is 6. The largest absolute Gasteiger partial charge is 0.504 e. The van der Waals surface area contributed by atoms with E-state index in [1.807, 2.05) is 60.7 Å². The van der Waals surface area contributed by atoms with Crippen molar-refractivity contribution in [2.45, 2.75) is 0 Å². The van der Waals surface area contributed by atoms with Gasteiger partial charge in [-0.05, 0) is 106 Å². The Kier molecular flexibility index (Phi) is 5.88. The van der Waals surface area contributed by atoms with Crippen molar-refractivity contribution in [1.82, 2.24) is 4.57 Å². The van der Waals surface area contributed by atoms with Gasteiger partial charge >= 0.3 is 0 Å². The lowest BCUT2D eigenvalue weighted by molar-refractivity contribution is 0.404. The number of fused-ring (bicyclic) bond motifs is 3. The monoisotopic (exact) mass is 567 g/mol. The molecule has 7 heteroatoms. The molecular formula is C36H25NO6. The number of hydrogen-bond donors (Lipinski definition) is 6. The first kappa shape index (κ1) is 25.9. The molecule has 0 aliphatic rings. The molecule has 0 amide bonds. The maximum Gasteiger partial charge on any atom is 0.158 e. The van der Waals surface area contributed by atoms with Crippen LogP contribution in [0.15, 0.2) is 115 Å². The Morgan fingerprint density at radius 1 is 0.302 bits per heavy atom. The quantitative estimate of drug-likeness (QED) is 0.120. The van der Waals surface area contributed by atoms with E-state index in [2.05, 4.69) is 4.57 Å². The van der Waals surface area contributed by atoms with Crippen LogP contribution >= 0.6 is 0 Å². The molecule has 6 aromatic carbocycles. The van der Waals surface area contributed by atoms with E-state index < -0.39 is 0 Å². The zero-order chi connectivity index (χ0) is 29.8. The fourth-order valence-corrected chi connectivity index (χ4v) is 5.57. The lowest BCUT2D eigenvalue weighted by atomic mass is 10.00. The van der Waals surface area contributed by atoms with Crippen LogP contribution in [-0.4, -0.2) is 35.2 Å². The molecule has 43 heavy (non-hydrogen) atoms. The SMILES string of the molecule is Oc1ccc(-c2ccc(-n3c4ccc(-c5ccc(O)c(O)c5)cc4c4cc(-c5ccc(O)c(O)c5)ccc43)cc2)cc1O. The van der Waals surface area contributed by atoms with Crippen molar-refractivity contribution in [1.29, 1.82) is 0 Å². The first-order valence-corrected chi connectivity index (χ1v) is 13.5. The highest BCUT2D eigenvalue weighted by atomic mass is 16.3. The summed E-state index contributed by atoms with van der Waals surface area (Å²) in [4.78, 5) is 0. The van der Waals surface area contributed by atoms with E-state index in [9.17, 15) is 30.6 Å². The Balaban J connectivity index is 1.42. The number of nitrogens with zero attached hydrogens (tertiary/aromatic N) is 1. The summed E-state index contributed by atoms with van der Waals surface area (Å²) >= 11 is 0. The first-order chi connectivity index (χ1) is 20.8. The van der Waals surface area contributed by atoms with Gasteiger partial charge in [-0.3, -0.25) is 0 Å². The molecule has 0 spiro atoms. The third-order valence-electron chi connectivity index (χ3n) is 7.82. The third kappa shape index (κ3) is 4.40. The highest BCUT2D eigenvalue weighted by molar-refractivity contribution is 6.11. The zero-order valence-corrected chi connectivity index (χ0v) is 22.6. The van der Waals surface area contributed by atoms with Gasteiger partial charge in [-0.1, -0.05) is 42.5 Å². The average Bonchev–Trinajstić information content (AvgIpc) is 3.34. The molecule has 210 valence electrons. The molecule has 7 rings (SSSR count). The Labute approximate surface area is 245 Å². The highest BCUT2D eigenvalue weighted by Crippen LogP contribution is 2.40. The molecule has 0 saturated carbocycles. The molecule has 7 nitrogen and oxygen atoms in total. The molecule has 0 aliphatic heterocycles. The lowest BCUT2D eigenvalue weighted by Crippen LogP contribution is -1.94. The minimum atomic E-state index is -0.198. The fraction of sp³-hybridized carbons (Fsp3) is 0. The molecule has 0 fully saturated rings. The molecular weight excluding hydrogens is 542 g/mol. The van der Waals surface area contributed by atoms with Gasteiger partial charge in [0.25, 0.3) is 0 Å². The minimum Gasteiger partial charge on any atom is -0.504 e. The fourth-order valence-electron chi connectivity index (χ4n) is 5.57. The maximum atomic E-state index is 10.1. The van der Waals surface area contributed by atoms with Crippen LogP contribution < -0.4 is 0 Å². The zero-order valence-electron chi connectivity index (χ0n) is 22.6. The Morgan fingerprint density at radius 3 is 1.02 bits per heavy atom. The molecule has 0 saturated heterocycles.